The van der Waals surface area contributed by atoms with Crippen LogP contribution in [0.3, 0.4) is 0 Å². The number of aromatic amines is 1. The van der Waals surface area contributed by atoms with Crippen molar-refractivity contribution in [1.29, 1.82) is 0 Å². The van der Waals surface area contributed by atoms with Gasteiger partial charge in [-0.05, 0) is 6.42 Å². The predicted molar refractivity (Wildman–Crippen MR) is 67.1 cm³/mol. The fraction of sp³-hybridized carbons (Fsp3) is 0.300. The molecule has 0 saturated carbocycles. The van der Waals surface area contributed by atoms with Gasteiger partial charge >= 0.3 is 0 Å². The summed E-state index contributed by atoms with van der Waals surface area (Å²) in [5.74, 6) is 0.206. The van der Waals surface area contributed by atoms with Crippen LogP contribution in [-0.2, 0) is 6.42 Å². The van der Waals surface area contributed by atoms with E-state index in [0.29, 0.717) is 16.6 Å². The lowest BCUT2D eigenvalue weighted by atomic mass is 10.2. The van der Waals surface area contributed by atoms with Gasteiger partial charge in [0.25, 0.3) is 5.91 Å². The molecule has 2 aromatic heterocycles. The molecule has 0 aromatic carbocycles. The number of hydrogen-bond acceptors (Lipinski definition) is 5. The number of hydrogen-bond donors (Lipinski definition) is 3. The summed E-state index contributed by atoms with van der Waals surface area (Å²) in [6, 6.07) is 1.82. The van der Waals surface area contributed by atoms with E-state index in [9.17, 15) is 4.79 Å². The smallest absolute Gasteiger partial charge is 0.276 e. The van der Waals surface area contributed by atoms with Crippen molar-refractivity contribution in [1.82, 2.24) is 15.2 Å². The molecule has 0 aliphatic rings. The van der Waals surface area contributed by atoms with E-state index in [1.165, 1.54) is 11.3 Å². The van der Waals surface area contributed by atoms with Gasteiger partial charge < -0.3 is 11.1 Å². The van der Waals surface area contributed by atoms with Crippen molar-refractivity contribution in [2.45, 2.75) is 19.8 Å². The van der Waals surface area contributed by atoms with Crippen LogP contribution in [0.5, 0.6) is 0 Å². The minimum absolute atomic E-state index is 0.299. The molecule has 2 rings (SSSR count). The Morgan fingerprint density at radius 2 is 2.47 bits per heavy atom. The second kappa shape index (κ2) is 4.96. The molecule has 0 unspecified atom stereocenters. The van der Waals surface area contributed by atoms with Crippen molar-refractivity contribution in [3.8, 4) is 0 Å². The highest BCUT2D eigenvalue weighted by Crippen LogP contribution is 2.13. The molecule has 4 N–H and O–H groups in total. The second-order valence-electron chi connectivity index (χ2n) is 3.55. The third-order valence-corrected chi connectivity index (χ3v) is 2.82. The summed E-state index contributed by atoms with van der Waals surface area (Å²) in [5, 5.41) is 11.5. The molecule has 0 saturated heterocycles. The van der Waals surface area contributed by atoms with E-state index in [2.05, 4.69) is 27.4 Å². The molecule has 17 heavy (non-hydrogen) atoms. The topological polar surface area (TPSA) is 96.7 Å². The average molecular weight is 251 g/mol. The van der Waals surface area contributed by atoms with Crippen molar-refractivity contribution < 1.29 is 4.79 Å². The summed E-state index contributed by atoms with van der Waals surface area (Å²) >= 11 is 1.23. The Bertz CT molecular complexity index is 518. The van der Waals surface area contributed by atoms with Gasteiger partial charge in [-0.25, -0.2) is 4.98 Å². The van der Waals surface area contributed by atoms with Crippen LogP contribution < -0.4 is 11.1 Å². The van der Waals surface area contributed by atoms with Gasteiger partial charge in [-0.2, -0.15) is 5.10 Å². The van der Waals surface area contributed by atoms with E-state index < -0.39 is 0 Å². The Labute approximate surface area is 102 Å². The summed E-state index contributed by atoms with van der Waals surface area (Å²) in [6.07, 6.45) is 1.94. The summed E-state index contributed by atoms with van der Waals surface area (Å²) in [5.41, 5.74) is 6.77. The van der Waals surface area contributed by atoms with Gasteiger partial charge in [-0.3, -0.25) is 9.89 Å². The SMILES string of the molecule is CCCc1cc(NC(=O)c2csc(N)n2)n[nH]1. The second-order valence-corrected chi connectivity index (χ2v) is 4.44. The maximum absolute atomic E-state index is 11.7. The Morgan fingerprint density at radius 3 is 3.12 bits per heavy atom. The van der Waals surface area contributed by atoms with Crippen LogP contribution in [-0.4, -0.2) is 21.1 Å². The molecular formula is C10H13N5OS. The summed E-state index contributed by atoms with van der Waals surface area (Å²) < 4.78 is 0. The van der Waals surface area contributed by atoms with Crippen LogP contribution in [0, 0.1) is 0 Å². The zero-order valence-corrected chi connectivity index (χ0v) is 10.2. The highest BCUT2D eigenvalue weighted by molar-refractivity contribution is 7.13. The number of nitrogens with one attached hydrogen (secondary N) is 2. The maximum atomic E-state index is 11.7. The number of amides is 1. The lowest BCUT2D eigenvalue weighted by molar-refractivity contribution is 0.102. The summed E-state index contributed by atoms with van der Waals surface area (Å²) in [6.45, 7) is 2.08. The van der Waals surface area contributed by atoms with E-state index in [1.807, 2.05) is 6.07 Å². The predicted octanol–water partition coefficient (Wildman–Crippen LogP) is 1.65. The monoisotopic (exact) mass is 251 g/mol. The van der Waals surface area contributed by atoms with Crippen molar-refractivity contribution in [3.63, 3.8) is 0 Å². The molecule has 0 radical (unpaired) electrons. The maximum Gasteiger partial charge on any atom is 0.276 e. The molecule has 2 aromatic rings. The summed E-state index contributed by atoms with van der Waals surface area (Å²) in [4.78, 5) is 15.6. The first-order valence-corrected chi connectivity index (χ1v) is 6.13. The lowest BCUT2D eigenvalue weighted by Crippen LogP contribution is -2.12. The van der Waals surface area contributed by atoms with Crippen LogP contribution in [0.25, 0.3) is 0 Å². The van der Waals surface area contributed by atoms with Gasteiger partial charge in [-0.1, -0.05) is 13.3 Å². The molecule has 2 heterocycles. The number of rotatable bonds is 4. The van der Waals surface area contributed by atoms with Gasteiger partial charge in [0, 0.05) is 17.1 Å². The molecule has 0 aliphatic heterocycles. The Balaban J connectivity index is 2.02. The van der Waals surface area contributed by atoms with Gasteiger partial charge in [0.1, 0.15) is 5.69 Å². The van der Waals surface area contributed by atoms with Gasteiger partial charge in [0.05, 0.1) is 0 Å². The fourth-order valence-electron chi connectivity index (χ4n) is 1.40. The highest BCUT2D eigenvalue weighted by Gasteiger charge is 2.11. The third kappa shape index (κ3) is 2.82. The molecule has 90 valence electrons. The van der Waals surface area contributed by atoms with Crippen molar-refractivity contribution in [2.75, 3.05) is 11.1 Å². The van der Waals surface area contributed by atoms with Gasteiger partial charge in [0.15, 0.2) is 10.9 Å². The number of aryl methyl sites for hydroxylation is 1. The van der Waals surface area contributed by atoms with Crippen LogP contribution in [0.2, 0.25) is 0 Å². The van der Waals surface area contributed by atoms with Gasteiger partial charge in [0.2, 0.25) is 0 Å². The third-order valence-electron chi connectivity index (χ3n) is 2.15. The normalized spacial score (nSPS) is 10.4. The molecule has 0 bridgehead atoms. The lowest BCUT2D eigenvalue weighted by Gasteiger charge is -1.96. The molecule has 0 spiro atoms. The first-order valence-electron chi connectivity index (χ1n) is 5.25. The first kappa shape index (κ1) is 11.6. The molecule has 7 heteroatoms. The zero-order chi connectivity index (χ0) is 12.3. The fourth-order valence-corrected chi connectivity index (χ4v) is 1.94. The van der Waals surface area contributed by atoms with Crippen molar-refractivity contribution >= 4 is 28.2 Å². The summed E-state index contributed by atoms with van der Waals surface area (Å²) in [7, 11) is 0. The van der Waals surface area contributed by atoms with Crippen LogP contribution in [0.4, 0.5) is 10.9 Å². The number of nitrogen functional groups attached to an aromatic ring is 1. The number of H-pyrrole nitrogens is 1. The quantitative estimate of drug-likeness (QED) is 0.769. The Hall–Kier alpha value is -1.89. The van der Waals surface area contributed by atoms with E-state index >= 15 is 0 Å². The van der Waals surface area contributed by atoms with Crippen molar-refractivity contribution in [2.24, 2.45) is 0 Å². The molecule has 1 amide bonds. The minimum atomic E-state index is -0.299. The number of nitrogens with zero attached hydrogens (tertiary/aromatic N) is 2. The number of nitrogens with two attached hydrogens (primary N) is 1. The number of carbonyl (C=O) groups is 1. The number of thiazole rings is 1. The van der Waals surface area contributed by atoms with Crippen LogP contribution >= 0.6 is 11.3 Å². The first-order chi connectivity index (χ1) is 8.19. The average Bonchev–Trinajstić information content (AvgIpc) is 2.88. The number of anilines is 2. The molecule has 6 nitrogen and oxygen atoms in total. The molecule has 0 fully saturated rings. The largest absolute Gasteiger partial charge is 0.375 e. The van der Waals surface area contributed by atoms with Gasteiger partial charge in [-0.15, -0.1) is 11.3 Å². The Morgan fingerprint density at radius 1 is 1.65 bits per heavy atom. The molecule has 0 atom stereocenters. The molecule has 0 aliphatic carbocycles. The molecular weight excluding hydrogens is 238 g/mol. The van der Waals surface area contributed by atoms with Crippen LogP contribution in [0.1, 0.15) is 29.5 Å². The van der Waals surface area contributed by atoms with E-state index in [0.717, 1.165) is 18.5 Å². The van der Waals surface area contributed by atoms with E-state index in [-0.39, 0.29) is 5.91 Å². The number of carbonyl (C=O) groups excluding carboxylic acids is 1. The standard InChI is InChI=1S/C10H13N5OS/c1-2-3-6-4-8(15-14-6)13-9(16)7-5-17-10(11)12-7/h4-5H,2-3H2,1H3,(H2,11,12)(H2,13,14,15,16). The van der Waals surface area contributed by atoms with Crippen LogP contribution in [0.15, 0.2) is 11.4 Å². The van der Waals surface area contributed by atoms with E-state index in [1.54, 1.807) is 5.38 Å². The zero-order valence-electron chi connectivity index (χ0n) is 9.36. The van der Waals surface area contributed by atoms with E-state index in [4.69, 9.17) is 5.73 Å². The number of aromatic nitrogens is 3. The Kier molecular flexibility index (Phi) is 3.38. The van der Waals surface area contributed by atoms with Crippen molar-refractivity contribution in [3.05, 3.63) is 22.8 Å². The highest BCUT2D eigenvalue weighted by atomic mass is 32.1. The minimum Gasteiger partial charge on any atom is -0.375 e.